The van der Waals surface area contributed by atoms with Crippen LogP contribution in [0.2, 0.25) is 5.02 Å². The lowest BCUT2D eigenvalue weighted by molar-refractivity contribution is 0.143. The van der Waals surface area contributed by atoms with Gasteiger partial charge in [-0.15, -0.1) is 0 Å². The van der Waals surface area contributed by atoms with E-state index in [1.54, 1.807) is 0 Å². The zero-order valence-electron chi connectivity index (χ0n) is 18.1. The van der Waals surface area contributed by atoms with Crippen molar-refractivity contribution in [3.8, 4) is 0 Å². The highest BCUT2D eigenvalue weighted by molar-refractivity contribution is 7.85. The number of nitrogens with one attached hydrogen (secondary N) is 1. The number of anilines is 2. The Morgan fingerprint density at radius 1 is 1.12 bits per heavy atom. The Bertz CT molecular complexity index is 1050. The van der Waals surface area contributed by atoms with E-state index < -0.39 is 10.8 Å². The van der Waals surface area contributed by atoms with Crippen LogP contribution in [0.25, 0.3) is 5.57 Å². The smallest absolute Gasteiger partial charge is 0.227 e. The third kappa shape index (κ3) is 4.30. The normalized spacial score (nSPS) is 22.4. The third-order valence-corrected chi connectivity index (χ3v) is 8.64. The van der Waals surface area contributed by atoms with Gasteiger partial charge in [-0.25, -0.2) is 4.98 Å². The molecule has 1 aliphatic carbocycles. The maximum Gasteiger partial charge on any atom is 0.227 e. The molecule has 0 radical (unpaired) electrons. The summed E-state index contributed by atoms with van der Waals surface area (Å²) in [5, 5.41) is 14.2. The third-order valence-electron chi connectivity index (χ3n) is 6.85. The van der Waals surface area contributed by atoms with Gasteiger partial charge in [-0.2, -0.15) is 4.98 Å². The molecule has 3 aliphatic rings. The fourth-order valence-electron chi connectivity index (χ4n) is 4.70. The molecule has 1 atom stereocenters. The number of nitrogens with zero attached hydrogens (tertiary/aromatic N) is 3. The molecule has 170 valence electrons. The van der Waals surface area contributed by atoms with Gasteiger partial charge in [0.25, 0.3) is 0 Å². The maximum atomic E-state index is 13.0. The Balaban J connectivity index is 1.45. The average molecular weight is 473 g/mol. The molecule has 0 bridgehead atoms. The average Bonchev–Trinajstić information content (AvgIpc) is 2.98. The summed E-state index contributed by atoms with van der Waals surface area (Å²) in [7, 11) is -1.11. The molecular weight excluding hydrogens is 444 g/mol. The Hall–Kier alpha value is -1.96. The van der Waals surface area contributed by atoms with Crippen molar-refractivity contribution in [2.45, 2.75) is 55.4 Å². The van der Waals surface area contributed by atoms with Crippen LogP contribution in [0.3, 0.4) is 0 Å². The number of aliphatic hydroxyl groups excluding tert-OH is 1. The predicted molar refractivity (Wildman–Crippen MR) is 130 cm³/mol. The fourth-order valence-corrected chi connectivity index (χ4v) is 6.22. The van der Waals surface area contributed by atoms with Crippen LogP contribution < -0.4 is 10.2 Å². The first-order chi connectivity index (χ1) is 15.6. The molecule has 1 aromatic carbocycles. The molecule has 1 aromatic heterocycles. The summed E-state index contributed by atoms with van der Waals surface area (Å²) in [4.78, 5) is 12.7. The number of halogens is 1. The molecule has 1 saturated carbocycles. The van der Waals surface area contributed by atoms with E-state index in [1.165, 1.54) is 11.1 Å². The van der Waals surface area contributed by atoms with Crippen LogP contribution >= 0.6 is 11.6 Å². The maximum absolute atomic E-state index is 13.0. The molecule has 2 N–H and O–H groups in total. The van der Waals surface area contributed by atoms with Crippen LogP contribution in [-0.4, -0.2) is 50.3 Å². The standard InChI is InChI=1S/C24H29ClN4O2S/c25-19-7-5-17(6-8-19)18-9-13-29(14-10-18)23-26-20-4-1-2-15-32(31)21(20)22(27-23)28-24(16-30)11-3-12-24/h5-9,30H,1-4,10-16H2,(H,26,27,28)/t32-/m1/s1. The number of hydrogen-bond donors (Lipinski definition) is 2. The molecular formula is C24H29ClN4O2S. The molecule has 32 heavy (non-hydrogen) atoms. The Labute approximate surface area is 196 Å². The van der Waals surface area contributed by atoms with Gasteiger partial charge >= 0.3 is 0 Å². The van der Waals surface area contributed by atoms with Crippen LogP contribution in [0, 0.1) is 0 Å². The number of hydrogen-bond acceptors (Lipinski definition) is 6. The number of rotatable bonds is 5. The van der Waals surface area contributed by atoms with Crippen LogP contribution in [0.1, 0.15) is 49.8 Å². The molecule has 0 amide bonds. The van der Waals surface area contributed by atoms with E-state index in [1.807, 2.05) is 12.1 Å². The van der Waals surface area contributed by atoms with Crippen molar-refractivity contribution in [2.75, 3.05) is 35.7 Å². The quantitative estimate of drug-likeness (QED) is 0.679. The van der Waals surface area contributed by atoms with Crippen LogP contribution in [0.4, 0.5) is 11.8 Å². The number of aliphatic hydroxyl groups is 1. The highest BCUT2D eigenvalue weighted by Crippen LogP contribution is 2.38. The number of aromatic nitrogens is 2. The summed E-state index contributed by atoms with van der Waals surface area (Å²) in [6, 6.07) is 7.98. The SMILES string of the molecule is O=[S@@]1CCCCc2nc(N3CC=C(c4ccc(Cl)cc4)CC3)nc(NC3(CO)CCC3)c21. The number of benzene rings is 1. The van der Waals surface area contributed by atoms with Crippen LogP contribution in [-0.2, 0) is 17.2 Å². The second-order valence-corrected chi connectivity index (χ2v) is 10.9. The van der Waals surface area contributed by atoms with E-state index in [9.17, 15) is 9.32 Å². The summed E-state index contributed by atoms with van der Waals surface area (Å²) >= 11 is 6.03. The van der Waals surface area contributed by atoms with Gasteiger partial charge in [0, 0.05) is 23.9 Å². The number of aryl methyl sites for hydroxylation is 1. The van der Waals surface area contributed by atoms with Crippen molar-refractivity contribution in [1.29, 1.82) is 0 Å². The van der Waals surface area contributed by atoms with E-state index >= 15 is 0 Å². The highest BCUT2D eigenvalue weighted by Gasteiger charge is 2.38. The van der Waals surface area contributed by atoms with Crippen molar-refractivity contribution < 1.29 is 9.32 Å². The highest BCUT2D eigenvalue weighted by atomic mass is 35.5. The van der Waals surface area contributed by atoms with Crippen molar-refractivity contribution in [3.63, 3.8) is 0 Å². The Morgan fingerprint density at radius 2 is 1.94 bits per heavy atom. The minimum absolute atomic E-state index is 0.0602. The van der Waals surface area contributed by atoms with Crippen molar-refractivity contribution >= 4 is 39.7 Å². The van der Waals surface area contributed by atoms with Crippen molar-refractivity contribution in [3.05, 3.63) is 46.6 Å². The first-order valence-corrected chi connectivity index (χ1v) is 13.1. The minimum Gasteiger partial charge on any atom is -0.394 e. The molecule has 3 heterocycles. The van der Waals surface area contributed by atoms with E-state index in [2.05, 4.69) is 28.4 Å². The molecule has 2 aliphatic heterocycles. The molecule has 1 fully saturated rings. The van der Waals surface area contributed by atoms with Gasteiger partial charge in [-0.05, 0) is 68.2 Å². The molecule has 2 aromatic rings. The Morgan fingerprint density at radius 3 is 2.59 bits per heavy atom. The van der Waals surface area contributed by atoms with E-state index in [-0.39, 0.29) is 12.1 Å². The monoisotopic (exact) mass is 472 g/mol. The summed E-state index contributed by atoms with van der Waals surface area (Å²) in [6.45, 7) is 1.61. The first kappa shape index (κ1) is 21.9. The zero-order chi connectivity index (χ0) is 22.1. The Kier molecular flexibility index (Phi) is 6.23. The zero-order valence-corrected chi connectivity index (χ0v) is 19.7. The lowest BCUT2D eigenvalue weighted by Gasteiger charge is -2.42. The van der Waals surface area contributed by atoms with Gasteiger partial charge in [0.2, 0.25) is 5.95 Å². The molecule has 6 nitrogen and oxygen atoms in total. The molecule has 0 unspecified atom stereocenters. The van der Waals surface area contributed by atoms with Gasteiger partial charge in [0.1, 0.15) is 10.7 Å². The van der Waals surface area contributed by atoms with Crippen molar-refractivity contribution in [1.82, 2.24) is 9.97 Å². The van der Waals surface area contributed by atoms with Gasteiger partial charge in [-0.1, -0.05) is 29.8 Å². The van der Waals surface area contributed by atoms with Gasteiger partial charge in [0.05, 0.1) is 28.6 Å². The summed E-state index contributed by atoms with van der Waals surface area (Å²) in [6.07, 6.45) is 8.76. The van der Waals surface area contributed by atoms with Crippen LogP contribution in [0.5, 0.6) is 0 Å². The summed E-state index contributed by atoms with van der Waals surface area (Å²) in [5.74, 6) is 1.99. The second-order valence-electron chi connectivity index (χ2n) is 9.00. The van der Waals surface area contributed by atoms with E-state index in [4.69, 9.17) is 21.6 Å². The molecule has 0 saturated heterocycles. The first-order valence-electron chi connectivity index (χ1n) is 11.5. The van der Waals surface area contributed by atoms with Crippen molar-refractivity contribution in [2.24, 2.45) is 0 Å². The number of fused-ring (bicyclic) bond motifs is 1. The fraction of sp³-hybridized carbons (Fsp3) is 0.500. The predicted octanol–water partition coefficient (Wildman–Crippen LogP) is 4.19. The largest absolute Gasteiger partial charge is 0.394 e. The second kappa shape index (κ2) is 9.12. The van der Waals surface area contributed by atoms with Crippen LogP contribution in [0.15, 0.2) is 35.2 Å². The summed E-state index contributed by atoms with van der Waals surface area (Å²) in [5.41, 5.74) is 3.05. The lowest BCUT2D eigenvalue weighted by atomic mass is 9.77. The van der Waals surface area contributed by atoms with E-state index in [0.29, 0.717) is 17.5 Å². The van der Waals surface area contributed by atoms with Gasteiger partial charge < -0.3 is 15.3 Å². The topological polar surface area (TPSA) is 78.4 Å². The van der Waals surface area contributed by atoms with E-state index in [0.717, 1.165) is 73.6 Å². The minimum atomic E-state index is -1.11. The van der Waals surface area contributed by atoms with Gasteiger partial charge in [-0.3, -0.25) is 4.21 Å². The summed E-state index contributed by atoms with van der Waals surface area (Å²) < 4.78 is 13.0. The lowest BCUT2D eigenvalue weighted by Crippen LogP contribution is -2.49. The molecule has 5 rings (SSSR count). The molecule has 8 heteroatoms. The van der Waals surface area contributed by atoms with Gasteiger partial charge in [0.15, 0.2) is 0 Å². The molecule has 0 spiro atoms.